The Morgan fingerprint density at radius 2 is 1.91 bits per heavy atom. The summed E-state index contributed by atoms with van der Waals surface area (Å²) in [5, 5.41) is 21.0. The minimum absolute atomic E-state index is 0.0865. The van der Waals surface area contributed by atoms with E-state index in [0.29, 0.717) is 40.9 Å². The van der Waals surface area contributed by atoms with Gasteiger partial charge in [-0.05, 0) is 48.7 Å². The molecule has 162 valence electrons. The van der Waals surface area contributed by atoms with Gasteiger partial charge in [0, 0.05) is 12.1 Å². The van der Waals surface area contributed by atoms with Gasteiger partial charge in [-0.1, -0.05) is 53.6 Å². The Morgan fingerprint density at radius 3 is 2.56 bits per heavy atom. The zero-order valence-corrected chi connectivity index (χ0v) is 18.4. The number of aryl methyl sites for hydroxylation is 1. The summed E-state index contributed by atoms with van der Waals surface area (Å²) in [4.78, 5) is 10.6. The number of benzene rings is 3. The van der Waals surface area contributed by atoms with Crippen LogP contribution in [0.25, 0.3) is 11.6 Å². The number of halogens is 1. The summed E-state index contributed by atoms with van der Waals surface area (Å²) < 4.78 is 11.7. The molecule has 7 heteroatoms. The largest absolute Gasteiger partial charge is 0.490 e. The fourth-order valence-corrected chi connectivity index (χ4v) is 3.32. The second-order valence-corrected chi connectivity index (χ2v) is 7.42. The lowest BCUT2D eigenvalue weighted by molar-refractivity contribution is -0.384. The molecule has 0 fully saturated rings. The quantitative estimate of drug-likeness (QED) is 0.168. The van der Waals surface area contributed by atoms with Crippen LogP contribution in [0.3, 0.4) is 0 Å². The van der Waals surface area contributed by atoms with E-state index in [2.05, 4.69) is 6.07 Å². The second kappa shape index (κ2) is 10.5. The molecule has 0 heterocycles. The van der Waals surface area contributed by atoms with Crippen molar-refractivity contribution in [3.05, 3.63) is 98.1 Å². The third-order valence-electron chi connectivity index (χ3n) is 4.63. The maximum absolute atomic E-state index is 11.1. The lowest BCUT2D eigenvalue weighted by atomic mass is 10.0. The molecule has 32 heavy (non-hydrogen) atoms. The fraction of sp³-hybridized carbons (Fsp3) is 0.160. The predicted octanol–water partition coefficient (Wildman–Crippen LogP) is 6.60. The smallest absolute Gasteiger partial charge is 0.270 e. The lowest BCUT2D eigenvalue weighted by Crippen LogP contribution is -2.01. The molecule has 0 aliphatic heterocycles. The van der Waals surface area contributed by atoms with Crippen molar-refractivity contribution in [3.8, 4) is 17.6 Å². The maximum atomic E-state index is 11.1. The molecule has 0 bridgehead atoms. The highest BCUT2D eigenvalue weighted by atomic mass is 35.5. The number of hydrogen-bond acceptors (Lipinski definition) is 5. The third-order valence-corrected chi connectivity index (χ3v) is 4.92. The van der Waals surface area contributed by atoms with E-state index in [1.165, 1.54) is 12.1 Å². The van der Waals surface area contributed by atoms with Crippen LogP contribution >= 0.6 is 11.6 Å². The number of allylic oxidation sites excluding steroid dienone is 1. The van der Waals surface area contributed by atoms with Crippen molar-refractivity contribution in [1.29, 1.82) is 5.26 Å². The molecule has 0 aliphatic carbocycles. The molecular formula is C25H21ClN2O4. The number of rotatable bonds is 8. The number of nitro benzene ring substituents is 1. The van der Waals surface area contributed by atoms with Gasteiger partial charge in [-0.3, -0.25) is 10.1 Å². The molecule has 0 aromatic heterocycles. The second-order valence-electron chi connectivity index (χ2n) is 7.01. The first-order valence-electron chi connectivity index (χ1n) is 9.92. The fourth-order valence-electron chi connectivity index (χ4n) is 3.05. The van der Waals surface area contributed by atoms with Crippen molar-refractivity contribution in [2.24, 2.45) is 0 Å². The Balaban J connectivity index is 1.93. The van der Waals surface area contributed by atoms with Crippen molar-refractivity contribution in [2.75, 3.05) is 6.61 Å². The van der Waals surface area contributed by atoms with E-state index in [1.807, 2.05) is 38.1 Å². The zero-order chi connectivity index (χ0) is 23.1. The number of nitriles is 1. The average Bonchev–Trinajstić information content (AvgIpc) is 2.78. The van der Waals surface area contributed by atoms with Gasteiger partial charge in [0.25, 0.3) is 5.69 Å². The zero-order valence-electron chi connectivity index (χ0n) is 17.7. The van der Waals surface area contributed by atoms with Crippen LogP contribution in [0.1, 0.15) is 29.2 Å². The Labute approximate surface area is 191 Å². The standard InChI is InChI=1S/C25H21ClN2O4/c1-3-31-24-13-19(11-21(15-27)20-5-4-6-22(14-20)28(29)30)12-23(26)25(24)32-16-18-9-7-17(2)8-10-18/h4-14H,3,16H2,1-2H3. The molecule has 0 aliphatic rings. The SMILES string of the molecule is CCOc1cc(C=C(C#N)c2cccc([N+](=O)[O-])c2)cc(Cl)c1OCc1ccc(C)cc1. The first-order chi connectivity index (χ1) is 15.4. The van der Waals surface area contributed by atoms with E-state index >= 15 is 0 Å². The molecule has 3 aromatic carbocycles. The van der Waals surface area contributed by atoms with E-state index in [9.17, 15) is 15.4 Å². The molecule has 0 amide bonds. The Bertz CT molecular complexity index is 1200. The van der Waals surface area contributed by atoms with Gasteiger partial charge < -0.3 is 9.47 Å². The van der Waals surface area contributed by atoms with Crippen LogP contribution < -0.4 is 9.47 Å². The summed E-state index contributed by atoms with van der Waals surface area (Å²) in [7, 11) is 0. The van der Waals surface area contributed by atoms with Crippen LogP contribution in [0.4, 0.5) is 5.69 Å². The first-order valence-corrected chi connectivity index (χ1v) is 10.3. The molecule has 0 atom stereocenters. The molecule has 3 aromatic rings. The van der Waals surface area contributed by atoms with Gasteiger partial charge in [-0.2, -0.15) is 5.26 Å². The highest BCUT2D eigenvalue weighted by Crippen LogP contribution is 2.38. The van der Waals surface area contributed by atoms with Crippen LogP contribution in [-0.4, -0.2) is 11.5 Å². The van der Waals surface area contributed by atoms with Crippen molar-refractivity contribution >= 4 is 28.9 Å². The monoisotopic (exact) mass is 448 g/mol. The number of ether oxygens (including phenoxy) is 2. The number of hydrogen-bond donors (Lipinski definition) is 0. The third kappa shape index (κ3) is 5.65. The van der Waals surface area contributed by atoms with Crippen molar-refractivity contribution in [2.45, 2.75) is 20.5 Å². The molecule has 0 N–H and O–H groups in total. The number of non-ortho nitro benzene ring substituents is 1. The van der Waals surface area contributed by atoms with Gasteiger partial charge in [0.05, 0.1) is 28.2 Å². The molecule has 0 saturated carbocycles. The Hall–Kier alpha value is -3.82. The van der Waals surface area contributed by atoms with Crippen molar-refractivity contribution < 1.29 is 14.4 Å². The molecular weight excluding hydrogens is 428 g/mol. The summed E-state index contributed by atoms with van der Waals surface area (Å²) in [6, 6.07) is 19.4. The first kappa shape index (κ1) is 22.9. The van der Waals surface area contributed by atoms with E-state index in [0.717, 1.165) is 11.1 Å². The number of nitro groups is 1. The molecule has 3 rings (SSSR count). The van der Waals surface area contributed by atoms with E-state index in [-0.39, 0.29) is 11.3 Å². The minimum atomic E-state index is -0.497. The van der Waals surface area contributed by atoms with Gasteiger partial charge in [0.1, 0.15) is 6.61 Å². The van der Waals surface area contributed by atoms with Crippen LogP contribution in [0.15, 0.2) is 60.7 Å². The molecule has 6 nitrogen and oxygen atoms in total. The Kier molecular flexibility index (Phi) is 7.48. The van der Waals surface area contributed by atoms with Gasteiger partial charge in [-0.15, -0.1) is 0 Å². The summed E-state index contributed by atoms with van der Waals surface area (Å²) in [5.41, 5.74) is 3.39. The summed E-state index contributed by atoms with van der Waals surface area (Å²) in [6.07, 6.45) is 1.61. The van der Waals surface area contributed by atoms with Crippen LogP contribution in [0, 0.1) is 28.4 Å². The van der Waals surface area contributed by atoms with Gasteiger partial charge in [-0.25, -0.2) is 0 Å². The van der Waals surface area contributed by atoms with Gasteiger partial charge >= 0.3 is 0 Å². The van der Waals surface area contributed by atoms with Crippen molar-refractivity contribution in [3.63, 3.8) is 0 Å². The predicted molar refractivity (Wildman–Crippen MR) is 125 cm³/mol. The van der Waals surface area contributed by atoms with Gasteiger partial charge in [0.15, 0.2) is 11.5 Å². The molecule has 0 unspecified atom stereocenters. The normalized spacial score (nSPS) is 11.0. The maximum Gasteiger partial charge on any atom is 0.270 e. The van der Waals surface area contributed by atoms with Crippen LogP contribution in [-0.2, 0) is 6.61 Å². The van der Waals surface area contributed by atoms with E-state index < -0.39 is 4.92 Å². The lowest BCUT2D eigenvalue weighted by Gasteiger charge is -2.15. The highest BCUT2D eigenvalue weighted by molar-refractivity contribution is 6.32. The van der Waals surface area contributed by atoms with E-state index in [1.54, 1.807) is 30.3 Å². The van der Waals surface area contributed by atoms with Gasteiger partial charge in [0.2, 0.25) is 0 Å². The summed E-state index contributed by atoms with van der Waals surface area (Å²) in [5.74, 6) is 0.870. The summed E-state index contributed by atoms with van der Waals surface area (Å²) in [6.45, 7) is 4.60. The molecule has 0 radical (unpaired) electrons. The Morgan fingerprint density at radius 1 is 1.16 bits per heavy atom. The van der Waals surface area contributed by atoms with Crippen LogP contribution in [0.5, 0.6) is 11.5 Å². The summed E-state index contributed by atoms with van der Waals surface area (Å²) >= 11 is 6.49. The molecule has 0 saturated heterocycles. The highest BCUT2D eigenvalue weighted by Gasteiger charge is 2.14. The van der Waals surface area contributed by atoms with Crippen LogP contribution in [0.2, 0.25) is 5.02 Å². The molecule has 0 spiro atoms. The minimum Gasteiger partial charge on any atom is -0.490 e. The average molecular weight is 449 g/mol. The van der Waals surface area contributed by atoms with Crippen molar-refractivity contribution in [1.82, 2.24) is 0 Å². The topological polar surface area (TPSA) is 85.4 Å². The number of nitrogens with zero attached hydrogens (tertiary/aromatic N) is 2. The van der Waals surface area contributed by atoms with E-state index in [4.69, 9.17) is 21.1 Å².